The molecule has 0 aliphatic carbocycles. The van der Waals surface area contributed by atoms with Gasteiger partial charge in [-0.15, -0.1) is 11.3 Å². The maximum atomic E-state index is 12.9. The van der Waals surface area contributed by atoms with Gasteiger partial charge >= 0.3 is 5.97 Å². The van der Waals surface area contributed by atoms with Crippen LogP contribution < -0.4 is 4.74 Å². The minimum absolute atomic E-state index is 0.241. The summed E-state index contributed by atoms with van der Waals surface area (Å²) in [5.74, 6) is 0.591. The lowest BCUT2D eigenvalue weighted by Crippen LogP contribution is -2.31. The fourth-order valence-electron chi connectivity index (χ4n) is 2.67. The maximum absolute atomic E-state index is 12.9. The average molecular weight is 402 g/mol. The zero-order valence-electron chi connectivity index (χ0n) is 15.7. The summed E-state index contributed by atoms with van der Waals surface area (Å²) in [6.07, 6.45) is 0.794. The van der Waals surface area contributed by atoms with E-state index in [0.29, 0.717) is 13.2 Å². The van der Waals surface area contributed by atoms with Gasteiger partial charge in [0, 0.05) is 0 Å². The van der Waals surface area contributed by atoms with E-state index >= 15 is 0 Å². The monoisotopic (exact) mass is 401 g/mol. The van der Waals surface area contributed by atoms with Crippen LogP contribution in [-0.4, -0.2) is 24.2 Å². The Morgan fingerprint density at radius 3 is 2.67 bits per heavy atom. The van der Waals surface area contributed by atoms with Crippen molar-refractivity contribution in [2.45, 2.75) is 36.3 Å². The first kappa shape index (κ1) is 19.7. The molecule has 4 nitrogen and oxygen atoms in total. The van der Waals surface area contributed by atoms with Crippen molar-refractivity contribution in [3.05, 3.63) is 54.1 Å². The molecule has 0 saturated heterocycles. The van der Waals surface area contributed by atoms with E-state index in [1.165, 1.54) is 11.8 Å². The largest absolute Gasteiger partial charge is 0.494 e. The minimum atomic E-state index is -0.854. The highest BCUT2D eigenvalue weighted by atomic mass is 32.2. The standard InChI is InChI=1S/C21H23NO3S2/c1-4-13-25-19(23)21(3,15-9-7-6-8-10-15)27-20-22-17-12-11-16(24-5-2)14-18(17)26-20/h6-12,14H,4-5,13H2,1-3H3. The Hall–Kier alpha value is -2.05. The second kappa shape index (κ2) is 8.76. The Kier molecular flexibility index (Phi) is 6.39. The molecule has 142 valence electrons. The van der Waals surface area contributed by atoms with E-state index in [9.17, 15) is 4.79 Å². The van der Waals surface area contributed by atoms with Gasteiger partial charge < -0.3 is 9.47 Å². The lowest BCUT2D eigenvalue weighted by atomic mass is 10.0. The van der Waals surface area contributed by atoms with Gasteiger partial charge in [-0.2, -0.15) is 0 Å². The SMILES string of the molecule is CCCOC(=O)C(C)(Sc1nc2ccc(OCC)cc2s1)c1ccccc1. The second-order valence-corrected chi connectivity index (χ2v) is 8.88. The van der Waals surface area contributed by atoms with Crippen LogP contribution in [0.2, 0.25) is 0 Å². The summed E-state index contributed by atoms with van der Waals surface area (Å²) < 4.78 is 12.1. The van der Waals surface area contributed by atoms with Crippen molar-refractivity contribution in [2.75, 3.05) is 13.2 Å². The van der Waals surface area contributed by atoms with Crippen molar-refractivity contribution in [1.82, 2.24) is 4.98 Å². The molecule has 6 heteroatoms. The molecule has 1 aromatic heterocycles. The van der Waals surface area contributed by atoms with Crippen molar-refractivity contribution in [2.24, 2.45) is 0 Å². The number of thioether (sulfide) groups is 1. The van der Waals surface area contributed by atoms with Gasteiger partial charge in [0.1, 0.15) is 10.5 Å². The number of aromatic nitrogens is 1. The van der Waals surface area contributed by atoms with Crippen LogP contribution in [0.3, 0.4) is 0 Å². The molecule has 1 unspecified atom stereocenters. The summed E-state index contributed by atoms with van der Waals surface area (Å²) in [6, 6.07) is 15.6. The van der Waals surface area contributed by atoms with E-state index in [4.69, 9.17) is 14.5 Å². The van der Waals surface area contributed by atoms with Gasteiger partial charge in [0.05, 0.1) is 23.4 Å². The maximum Gasteiger partial charge on any atom is 0.326 e. The highest BCUT2D eigenvalue weighted by Gasteiger charge is 2.39. The van der Waals surface area contributed by atoms with E-state index in [1.807, 2.05) is 69.3 Å². The summed E-state index contributed by atoms with van der Waals surface area (Å²) in [5.41, 5.74) is 1.81. The number of rotatable bonds is 8. The normalized spacial score (nSPS) is 13.3. The van der Waals surface area contributed by atoms with Gasteiger partial charge in [0.2, 0.25) is 0 Å². The number of ether oxygens (including phenoxy) is 2. The smallest absolute Gasteiger partial charge is 0.326 e. The summed E-state index contributed by atoms with van der Waals surface area (Å²) in [4.78, 5) is 17.6. The van der Waals surface area contributed by atoms with Crippen LogP contribution in [0.1, 0.15) is 32.8 Å². The number of nitrogens with zero attached hydrogens (tertiary/aromatic N) is 1. The van der Waals surface area contributed by atoms with Gasteiger partial charge in [-0.25, -0.2) is 4.98 Å². The van der Waals surface area contributed by atoms with Crippen LogP contribution >= 0.6 is 23.1 Å². The Balaban J connectivity index is 1.94. The molecule has 0 saturated carbocycles. The van der Waals surface area contributed by atoms with Gasteiger partial charge in [-0.05, 0) is 44.0 Å². The molecule has 0 N–H and O–H groups in total. The van der Waals surface area contributed by atoms with Crippen LogP contribution in [-0.2, 0) is 14.3 Å². The average Bonchev–Trinajstić information content (AvgIpc) is 3.08. The van der Waals surface area contributed by atoms with Crippen molar-refractivity contribution >= 4 is 39.3 Å². The van der Waals surface area contributed by atoms with Crippen molar-refractivity contribution < 1.29 is 14.3 Å². The summed E-state index contributed by atoms with van der Waals surface area (Å²) in [6.45, 7) is 6.90. The molecule has 1 atom stereocenters. The topological polar surface area (TPSA) is 48.4 Å². The molecular formula is C21H23NO3S2. The number of thiazole rings is 1. The number of hydrogen-bond donors (Lipinski definition) is 0. The molecule has 1 heterocycles. The zero-order chi connectivity index (χ0) is 19.3. The minimum Gasteiger partial charge on any atom is -0.494 e. The highest BCUT2D eigenvalue weighted by Crippen LogP contribution is 2.45. The fraction of sp³-hybridized carbons (Fsp3) is 0.333. The molecule has 27 heavy (non-hydrogen) atoms. The Labute approximate surface area is 167 Å². The number of esters is 1. The third kappa shape index (κ3) is 4.45. The van der Waals surface area contributed by atoms with E-state index < -0.39 is 4.75 Å². The zero-order valence-corrected chi connectivity index (χ0v) is 17.4. The number of hydrogen-bond acceptors (Lipinski definition) is 6. The molecule has 0 bridgehead atoms. The predicted molar refractivity (Wildman–Crippen MR) is 112 cm³/mol. The summed E-state index contributed by atoms with van der Waals surface area (Å²) in [5, 5.41) is 0. The summed E-state index contributed by atoms with van der Waals surface area (Å²) in [7, 11) is 0. The Morgan fingerprint density at radius 2 is 1.96 bits per heavy atom. The first-order valence-electron chi connectivity index (χ1n) is 9.02. The van der Waals surface area contributed by atoms with Crippen LogP contribution in [0.5, 0.6) is 5.75 Å². The number of benzene rings is 2. The molecule has 3 aromatic rings. The quantitative estimate of drug-likeness (QED) is 0.360. The number of carbonyl (C=O) groups is 1. The molecule has 0 aliphatic heterocycles. The van der Waals surface area contributed by atoms with Crippen molar-refractivity contribution in [1.29, 1.82) is 0 Å². The summed E-state index contributed by atoms with van der Waals surface area (Å²) >= 11 is 3.00. The highest BCUT2D eigenvalue weighted by molar-refractivity contribution is 8.02. The van der Waals surface area contributed by atoms with E-state index in [2.05, 4.69) is 0 Å². The number of carbonyl (C=O) groups excluding carboxylic acids is 1. The van der Waals surface area contributed by atoms with E-state index in [-0.39, 0.29) is 5.97 Å². The van der Waals surface area contributed by atoms with E-state index in [1.54, 1.807) is 11.3 Å². The predicted octanol–water partition coefficient (Wildman–Crippen LogP) is 5.66. The molecule has 0 aliphatic rings. The first-order valence-corrected chi connectivity index (χ1v) is 10.6. The Morgan fingerprint density at radius 1 is 1.19 bits per heavy atom. The molecule has 2 aromatic carbocycles. The van der Waals surface area contributed by atoms with Crippen LogP contribution in [0.4, 0.5) is 0 Å². The molecule has 0 radical (unpaired) electrons. The molecule has 0 amide bonds. The van der Waals surface area contributed by atoms with Gasteiger partial charge in [0.15, 0.2) is 4.34 Å². The fourth-order valence-corrected chi connectivity index (χ4v) is 5.22. The second-order valence-electron chi connectivity index (χ2n) is 6.18. The number of fused-ring (bicyclic) bond motifs is 1. The lowest BCUT2D eigenvalue weighted by Gasteiger charge is -2.26. The molecular weight excluding hydrogens is 378 g/mol. The van der Waals surface area contributed by atoms with Crippen LogP contribution in [0.25, 0.3) is 10.2 Å². The molecule has 0 spiro atoms. The van der Waals surface area contributed by atoms with E-state index in [0.717, 1.165) is 32.3 Å². The van der Waals surface area contributed by atoms with Crippen LogP contribution in [0, 0.1) is 0 Å². The third-order valence-corrected chi connectivity index (χ3v) is 6.48. The molecule has 3 rings (SSSR count). The van der Waals surface area contributed by atoms with Gasteiger partial charge in [-0.3, -0.25) is 4.79 Å². The first-order chi connectivity index (χ1) is 13.1. The Bertz CT molecular complexity index is 910. The van der Waals surface area contributed by atoms with Crippen molar-refractivity contribution in [3.63, 3.8) is 0 Å². The molecule has 0 fully saturated rings. The lowest BCUT2D eigenvalue weighted by molar-refractivity contribution is -0.146. The third-order valence-electron chi connectivity index (χ3n) is 4.09. The van der Waals surface area contributed by atoms with Gasteiger partial charge in [-0.1, -0.05) is 49.0 Å². The van der Waals surface area contributed by atoms with Crippen LogP contribution in [0.15, 0.2) is 52.9 Å². The van der Waals surface area contributed by atoms with Crippen molar-refractivity contribution in [3.8, 4) is 5.75 Å². The van der Waals surface area contributed by atoms with Gasteiger partial charge in [0.25, 0.3) is 0 Å².